The SMILES string of the molecule is CCOC(=O)c1c(OC)ccc2[nH]ncc12. The molecular formula is C11H12N2O3. The van der Waals surface area contributed by atoms with Gasteiger partial charge < -0.3 is 9.47 Å². The van der Waals surface area contributed by atoms with Gasteiger partial charge in [-0.2, -0.15) is 5.10 Å². The highest BCUT2D eigenvalue weighted by atomic mass is 16.5. The fourth-order valence-electron chi connectivity index (χ4n) is 1.58. The van der Waals surface area contributed by atoms with E-state index in [1.807, 2.05) is 6.07 Å². The summed E-state index contributed by atoms with van der Waals surface area (Å²) in [5, 5.41) is 7.39. The van der Waals surface area contributed by atoms with Crippen LogP contribution in [0.2, 0.25) is 0 Å². The molecule has 2 rings (SSSR count). The predicted octanol–water partition coefficient (Wildman–Crippen LogP) is 1.75. The number of hydrogen-bond donors (Lipinski definition) is 1. The summed E-state index contributed by atoms with van der Waals surface area (Å²) in [5.41, 5.74) is 1.19. The van der Waals surface area contributed by atoms with Crippen molar-refractivity contribution >= 4 is 16.9 Å². The third-order valence-electron chi connectivity index (χ3n) is 2.29. The van der Waals surface area contributed by atoms with Crippen molar-refractivity contribution < 1.29 is 14.3 Å². The average molecular weight is 220 g/mol. The van der Waals surface area contributed by atoms with Crippen molar-refractivity contribution in [3.63, 3.8) is 0 Å². The zero-order valence-corrected chi connectivity index (χ0v) is 9.11. The van der Waals surface area contributed by atoms with Crippen molar-refractivity contribution in [2.75, 3.05) is 13.7 Å². The normalized spacial score (nSPS) is 10.4. The molecule has 1 aromatic heterocycles. The van der Waals surface area contributed by atoms with Gasteiger partial charge in [0.2, 0.25) is 0 Å². The summed E-state index contributed by atoms with van der Waals surface area (Å²) in [6.45, 7) is 2.09. The quantitative estimate of drug-likeness (QED) is 0.800. The third-order valence-corrected chi connectivity index (χ3v) is 2.29. The van der Waals surface area contributed by atoms with Gasteiger partial charge in [-0.05, 0) is 19.1 Å². The van der Waals surface area contributed by atoms with E-state index in [0.717, 1.165) is 5.52 Å². The lowest BCUT2D eigenvalue weighted by Gasteiger charge is -2.08. The maximum absolute atomic E-state index is 11.8. The Balaban J connectivity index is 2.61. The zero-order valence-electron chi connectivity index (χ0n) is 9.11. The Morgan fingerprint density at radius 2 is 2.31 bits per heavy atom. The van der Waals surface area contributed by atoms with Crippen molar-refractivity contribution in [2.24, 2.45) is 0 Å². The number of esters is 1. The molecule has 0 spiro atoms. The van der Waals surface area contributed by atoms with Crippen LogP contribution in [0, 0.1) is 0 Å². The van der Waals surface area contributed by atoms with Crippen molar-refractivity contribution in [3.05, 3.63) is 23.9 Å². The van der Waals surface area contributed by atoms with Crippen molar-refractivity contribution in [1.82, 2.24) is 10.2 Å². The molecule has 0 saturated heterocycles. The monoisotopic (exact) mass is 220 g/mol. The minimum Gasteiger partial charge on any atom is -0.496 e. The van der Waals surface area contributed by atoms with E-state index in [4.69, 9.17) is 9.47 Å². The molecule has 0 fully saturated rings. The number of rotatable bonds is 3. The Bertz CT molecular complexity index is 519. The summed E-state index contributed by atoms with van der Waals surface area (Å²) < 4.78 is 10.1. The average Bonchev–Trinajstić information content (AvgIpc) is 2.75. The van der Waals surface area contributed by atoms with Crippen LogP contribution in [0.3, 0.4) is 0 Å². The molecule has 0 aliphatic heterocycles. The van der Waals surface area contributed by atoms with E-state index >= 15 is 0 Å². The van der Waals surface area contributed by atoms with Crippen LogP contribution in [0.15, 0.2) is 18.3 Å². The van der Waals surface area contributed by atoms with E-state index in [1.165, 1.54) is 7.11 Å². The summed E-state index contributed by atoms with van der Waals surface area (Å²) in [7, 11) is 1.52. The molecule has 16 heavy (non-hydrogen) atoms. The largest absolute Gasteiger partial charge is 0.496 e. The highest BCUT2D eigenvalue weighted by molar-refractivity contribution is 6.06. The number of benzene rings is 1. The van der Waals surface area contributed by atoms with Crippen molar-refractivity contribution in [2.45, 2.75) is 6.92 Å². The lowest BCUT2D eigenvalue weighted by Crippen LogP contribution is -2.07. The van der Waals surface area contributed by atoms with Crippen LogP contribution >= 0.6 is 0 Å². The third kappa shape index (κ3) is 1.60. The second-order valence-electron chi connectivity index (χ2n) is 3.19. The van der Waals surface area contributed by atoms with Crippen LogP contribution in [-0.4, -0.2) is 29.9 Å². The number of aromatic nitrogens is 2. The molecule has 0 atom stereocenters. The van der Waals surface area contributed by atoms with E-state index < -0.39 is 5.97 Å². The Morgan fingerprint density at radius 1 is 1.50 bits per heavy atom. The second-order valence-corrected chi connectivity index (χ2v) is 3.19. The summed E-state index contributed by atoms with van der Waals surface area (Å²) in [5.74, 6) is 0.0960. The van der Waals surface area contributed by atoms with Gasteiger partial charge in [0.25, 0.3) is 0 Å². The molecule has 0 aliphatic carbocycles. The zero-order chi connectivity index (χ0) is 11.5. The molecule has 5 heteroatoms. The van der Waals surface area contributed by atoms with Gasteiger partial charge in [0.15, 0.2) is 0 Å². The summed E-state index contributed by atoms with van der Waals surface area (Å²) >= 11 is 0. The van der Waals surface area contributed by atoms with E-state index in [0.29, 0.717) is 23.3 Å². The molecule has 0 amide bonds. The Hall–Kier alpha value is -2.04. The lowest BCUT2D eigenvalue weighted by molar-refractivity contribution is 0.0525. The van der Waals surface area contributed by atoms with Gasteiger partial charge in [-0.25, -0.2) is 4.79 Å². The number of H-pyrrole nitrogens is 1. The first-order chi connectivity index (χ1) is 7.77. The lowest BCUT2D eigenvalue weighted by atomic mass is 10.1. The van der Waals surface area contributed by atoms with Crippen LogP contribution in [0.4, 0.5) is 0 Å². The van der Waals surface area contributed by atoms with Crippen LogP contribution < -0.4 is 4.74 Å². The molecule has 0 bridgehead atoms. The molecule has 5 nitrogen and oxygen atoms in total. The number of carbonyl (C=O) groups is 1. The fourth-order valence-corrected chi connectivity index (χ4v) is 1.58. The van der Waals surface area contributed by atoms with Crippen LogP contribution in [-0.2, 0) is 4.74 Å². The van der Waals surface area contributed by atoms with E-state index in [9.17, 15) is 4.79 Å². The highest BCUT2D eigenvalue weighted by Crippen LogP contribution is 2.27. The second kappa shape index (κ2) is 4.22. The van der Waals surface area contributed by atoms with Gasteiger partial charge in [0, 0.05) is 5.39 Å². The Kier molecular flexibility index (Phi) is 2.76. The summed E-state index contributed by atoms with van der Waals surface area (Å²) in [6, 6.07) is 3.52. The number of methoxy groups -OCH3 is 1. The molecular weight excluding hydrogens is 208 g/mol. The first-order valence-electron chi connectivity index (χ1n) is 4.95. The van der Waals surface area contributed by atoms with Gasteiger partial charge in [-0.3, -0.25) is 5.10 Å². The molecule has 0 saturated carbocycles. The maximum Gasteiger partial charge on any atom is 0.342 e. The van der Waals surface area contributed by atoms with Crippen LogP contribution in [0.5, 0.6) is 5.75 Å². The van der Waals surface area contributed by atoms with Crippen LogP contribution in [0.25, 0.3) is 10.9 Å². The molecule has 0 aliphatic rings. The standard InChI is InChI=1S/C11H12N2O3/c1-3-16-11(14)10-7-6-12-13-8(7)4-5-9(10)15-2/h4-6H,3H2,1-2H3,(H,12,13). The first kappa shape index (κ1) is 10.5. The molecule has 1 N–H and O–H groups in total. The number of nitrogens with zero attached hydrogens (tertiary/aromatic N) is 1. The topological polar surface area (TPSA) is 64.2 Å². The van der Waals surface area contributed by atoms with Gasteiger partial charge in [-0.1, -0.05) is 0 Å². The summed E-state index contributed by atoms with van der Waals surface area (Å²) in [4.78, 5) is 11.8. The van der Waals surface area contributed by atoms with Gasteiger partial charge in [0.05, 0.1) is 25.4 Å². The fraction of sp³-hybridized carbons (Fsp3) is 0.273. The van der Waals surface area contributed by atoms with Gasteiger partial charge >= 0.3 is 5.97 Å². The van der Waals surface area contributed by atoms with E-state index in [1.54, 1.807) is 19.2 Å². The molecule has 1 aromatic carbocycles. The van der Waals surface area contributed by atoms with Crippen LogP contribution in [0.1, 0.15) is 17.3 Å². The Labute approximate surface area is 92.4 Å². The smallest absolute Gasteiger partial charge is 0.342 e. The number of hydrogen-bond acceptors (Lipinski definition) is 4. The predicted molar refractivity (Wildman–Crippen MR) is 58.6 cm³/mol. The molecule has 1 heterocycles. The van der Waals surface area contributed by atoms with Gasteiger partial charge in [0.1, 0.15) is 11.3 Å². The Morgan fingerprint density at radius 3 is 3.00 bits per heavy atom. The molecule has 0 unspecified atom stereocenters. The minimum atomic E-state index is -0.397. The summed E-state index contributed by atoms with van der Waals surface area (Å²) in [6.07, 6.45) is 1.59. The molecule has 2 aromatic rings. The molecule has 84 valence electrons. The minimum absolute atomic E-state index is 0.330. The number of aromatic amines is 1. The van der Waals surface area contributed by atoms with Gasteiger partial charge in [-0.15, -0.1) is 0 Å². The molecule has 0 radical (unpaired) electrons. The number of nitrogens with one attached hydrogen (secondary N) is 1. The van der Waals surface area contributed by atoms with Crippen molar-refractivity contribution in [3.8, 4) is 5.75 Å². The number of fused-ring (bicyclic) bond motifs is 1. The van der Waals surface area contributed by atoms with E-state index in [2.05, 4.69) is 10.2 Å². The van der Waals surface area contributed by atoms with E-state index in [-0.39, 0.29) is 0 Å². The first-order valence-corrected chi connectivity index (χ1v) is 4.95. The van der Waals surface area contributed by atoms with Crippen molar-refractivity contribution in [1.29, 1.82) is 0 Å². The number of carbonyl (C=O) groups excluding carboxylic acids is 1. The maximum atomic E-state index is 11.8. The highest BCUT2D eigenvalue weighted by Gasteiger charge is 2.18. The number of ether oxygens (including phenoxy) is 2.